The van der Waals surface area contributed by atoms with Gasteiger partial charge in [-0.1, -0.05) is 56.5 Å². The summed E-state index contributed by atoms with van der Waals surface area (Å²) < 4.78 is 0. The monoisotopic (exact) mass is 291 g/mol. The third-order valence-corrected chi connectivity index (χ3v) is 4.15. The highest BCUT2D eigenvalue weighted by molar-refractivity contribution is 9.10. The van der Waals surface area contributed by atoms with Crippen LogP contribution in [0.15, 0.2) is 0 Å². The van der Waals surface area contributed by atoms with Crippen molar-refractivity contribution in [1.82, 2.24) is 4.90 Å². The molecule has 0 aliphatic carbocycles. The van der Waals surface area contributed by atoms with Crippen LogP contribution in [0.25, 0.3) is 0 Å². The van der Waals surface area contributed by atoms with Crippen molar-refractivity contribution in [3.05, 3.63) is 0 Å². The summed E-state index contributed by atoms with van der Waals surface area (Å²) in [4.78, 5) is 14.2. The molecule has 0 aromatic rings. The smallest absolute Gasteiger partial charge is 0.236 e. The van der Waals surface area contributed by atoms with Crippen LogP contribution >= 0.6 is 15.9 Å². The van der Waals surface area contributed by atoms with Gasteiger partial charge in [-0.15, -0.1) is 0 Å². The fourth-order valence-corrected chi connectivity index (χ4v) is 1.78. The van der Waals surface area contributed by atoms with E-state index in [2.05, 4.69) is 43.6 Å². The predicted octanol–water partition coefficient (Wildman–Crippen LogP) is 3.83. The molecule has 0 saturated carbocycles. The number of unbranched alkanes of at least 4 members (excludes halogenated alkanes) is 2. The molecule has 16 heavy (non-hydrogen) atoms. The number of rotatable bonds is 8. The number of carbonyl (C=O) groups excluding carboxylic acids is 1. The SMILES string of the molecule is CCCCN(CCCC)C(=O)C(Br)C(C)C. The van der Waals surface area contributed by atoms with E-state index >= 15 is 0 Å². The van der Waals surface area contributed by atoms with Crippen molar-refractivity contribution < 1.29 is 4.79 Å². The van der Waals surface area contributed by atoms with Crippen LogP contribution in [0, 0.1) is 5.92 Å². The van der Waals surface area contributed by atoms with Crippen LogP contribution in [0.4, 0.5) is 0 Å². The third kappa shape index (κ3) is 5.88. The van der Waals surface area contributed by atoms with Gasteiger partial charge in [-0.25, -0.2) is 0 Å². The second-order valence-corrected chi connectivity index (χ2v) is 5.66. The number of hydrogen-bond donors (Lipinski definition) is 0. The Bertz CT molecular complexity index is 186. The number of carbonyl (C=O) groups is 1. The van der Waals surface area contributed by atoms with Crippen molar-refractivity contribution in [1.29, 1.82) is 0 Å². The van der Waals surface area contributed by atoms with Crippen molar-refractivity contribution in [3.63, 3.8) is 0 Å². The van der Waals surface area contributed by atoms with Gasteiger partial charge in [0.1, 0.15) is 0 Å². The molecule has 0 spiro atoms. The highest BCUT2D eigenvalue weighted by Gasteiger charge is 2.23. The molecule has 0 aliphatic heterocycles. The second kappa shape index (κ2) is 9.03. The summed E-state index contributed by atoms with van der Waals surface area (Å²) in [5.74, 6) is 0.621. The summed E-state index contributed by atoms with van der Waals surface area (Å²) in [6.45, 7) is 10.3. The minimum Gasteiger partial charge on any atom is -0.342 e. The van der Waals surface area contributed by atoms with E-state index in [9.17, 15) is 4.79 Å². The highest BCUT2D eigenvalue weighted by atomic mass is 79.9. The number of nitrogens with zero attached hydrogens (tertiary/aromatic N) is 1. The number of amides is 1. The van der Waals surface area contributed by atoms with Crippen LogP contribution in [0.3, 0.4) is 0 Å². The normalized spacial score (nSPS) is 12.9. The summed E-state index contributed by atoms with van der Waals surface area (Å²) in [5, 5.41) is 0. The first-order valence-corrected chi connectivity index (χ1v) is 7.39. The number of hydrogen-bond acceptors (Lipinski definition) is 1. The lowest BCUT2D eigenvalue weighted by atomic mass is 10.1. The van der Waals surface area contributed by atoms with E-state index in [-0.39, 0.29) is 10.7 Å². The number of halogens is 1. The van der Waals surface area contributed by atoms with Crippen LogP contribution in [0.2, 0.25) is 0 Å². The molecular formula is C13H26BrNO. The van der Waals surface area contributed by atoms with Crippen molar-refractivity contribution in [2.24, 2.45) is 5.92 Å². The Balaban J connectivity index is 4.29. The molecule has 0 saturated heterocycles. The quantitative estimate of drug-likeness (QED) is 0.623. The van der Waals surface area contributed by atoms with Gasteiger partial charge in [0.15, 0.2) is 0 Å². The fourth-order valence-electron chi connectivity index (χ4n) is 1.49. The van der Waals surface area contributed by atoms with E-state index in [4.69, 9.17) is 0 Å². The first kappa shape index (κ1) is 16.0. The summed E-state index contributed by atoms with van der Waals surface area (Å²) in [5.41, 5.74) is 0. The van der Waals surface area contributed by atoms with Gasteiger partial charge in [0, 0.05) is 13.1 Å². The van der Waals surface area contributed by atoms with Crippen LogP contribution in [0.1, 0.15) is 53.4 Å². The molecule has 96 valence electrons. The number of alkyl halides is 1. The predicted molar refractivity (Wildman–Crippen MR) is 73.9 cm³/mol. The molecule has 0 aromatic carbocycles. The first-order chi connectivity index (χ1) is 7.54. The summed E-state index contributed by atoms with van der Waals surface area (Å²) >= 11 is 3.50. The van der Waals surface area contributed by atoms with Crippen LogP contribution < -0.4 is 0 Å². The topological polar surface area (TPSA) is 20.3 Å². The first-order valence-electron chi connectivity index (χ1n) is 6.47. The molecule has 0 rings (SSSR count). The highest BCUT2D eigenvalue weighted by Crippen LogP contribution is 2.16. The molecule has 0 radical (unpaired) electrons. The Morgan fingerprint density at radius 2 is 1.56 bits per heavy atom. The molecule has 1 atom stereocenters. The Morgan fingerprint density at radius 1 is 1.12 bits per heavy atom. The lowest BCUT2D eigenvalue weighted by molar-refractivity contribution is -0.131. The Morgan fingerprint density at radius 3 is 1.88 bits per heavy atom. The van der Waals surface area contributed by atoms with E-state index in [1.54, 1.807) is 0 Å². The van der Waals surface area contributed by atoms with Crippen molar-refractivity contribution in [2.45, 2.75) is 58.2 Å². The molecule has 2 nitrogen and oxygen atoms in total. The van der Waals surface area contributed by atoms with Gasteiger partial charge in [0.05, 0.1) is 4.83 Å². The average molecular weight is 292 g/mol. The second-order valence-electron chi connectivity index (χ2n) is 4.68. The van der Waals surface area contributed by atoms with E-state index < -0.39 is 0 Å². The Hall–Kier alpha value is -0.0500. The van der Waals surface area contributed by atoms with Gasteiger partial charge < -0.3 is 4.90 Å². The van der Waals surface area contributed by atoms with Gasteiger partial charge >= 0.3 is 0 Å². The molecule has 0 bridgehead atoms. The lowest BCUT2D eigenvalue weighted by Gasteiger charge is -2.26. The van der Waals surface area contributed by atoms with E-state index in [0.717, 1.165) is 38.8 Å². The van der Waals surface area contributed by atoms with Gasteiger partial charge in [-0.2, -0.15) is 0 Å². The summed E-state index contributed by atoms with van der Waals surface area (Å²) in [7, 11) is 0. The molecule has 0 N–H and O–H groups in total. The van der Waals surface area contributed by atoms with Crippen LogP contribution in [-0.4, -0.2) is 28.7 Å². The van der Waals surface area contributed by atoms with Crippen molar-refractivity contribution >= 4 is 21.8 Å². The summed E-state index contributed by atoms with van der Waals surface area (Å²) in [6.07, 6.45) is 4.50. The fraction of sp³-hybridized carbons (Fsp3) is 0.923. The largest absolute Gasteiger partial charge is 0.342 e. The van der Waals surface area contributed by atoms with E-state index in [1.807, 2.05) is 4.90 Å². The lowest BCUT2D eigenvalue weighted by Crippen LogP contribution is -2.39. The molecule has 1 unspecified atom stereocenters. The van der Waals surface area contributed by atoms with Crippen LogP contribution in [-0.2, 0) is 4.79 Å². The minimum absolute atomic E-state index is 0.0267. The molecular weight excluding hydrogens is 266 g/mol. The van der Waals surface area contributed by atoms with Crippen molar-refractivity contribution in [3.8, 4) is 0 Å². The zero-order chi connectivity index (χ0) is 12.6. The zero-order valence-corrected chi connectivity index (χ0v) is 12.7. The molecule has 1 amide bonds. The molecule has 0 heterocycles. The maximum absolute atomic E-state index is 12.2. The standard InChI is InChI=1S/C13H26BrNO/c1-5-7-9-15(10-8-6-2)13(16)12(14)11(3)4/h11-12H,5-10H2,1-4H3. The maximum atomic E-state index is 12.2. The summed E-state index contributed by atoms with van der Waals surface area (Å²) in [6, 6.07) is 0. The average Bonchev–Trinajstić information content (AvgIpc) is 2.27. The zero-order valence-electron chi connectivity index (χ0n) is 11.1. The molecule has 0 fully saturated rings. The third-order valence-electron chi connectivity index (χ3n) is 2.70. The minimum atomic E-state index is -0.0267. The maximum Gasteiger partial charge on any atom is 0.236 e. The molecule has 3 heteroatoms. The Kier molecular flexibility index (Phi) is 9.00. The van der Waals surface area contributed by atoms with E-state index in [0.29, 0.717) is 5.92 Å². The Labute approximate surface area is 109 Å². The molecule has 0 aliphatic rings. The van der Waals surface area contributed by atoms with Gasteiger partial charge in [0.25, 0.3) is 0 Å². The van der Waals surface area contributed by atoms with Gasteiger partial charge in [-0.05, 0) is 18.8 Å². The van der Waals surface area contributed by atoms with Crippen LogP contribution in [0.5, 0.6) is 0 Å². The van der Waals surface area contributed by atoms with Crippen molar-refractivity contribution in [2.75, 3.05) is 13.1 Å². The van der Waals surface area contributed by atoms with E-state index in [1.165, 1.54) is 0 Å². The van der Waals surface area contributed by atoms with Gasteiger partial charge in [0.2, 0.25) is 5.91 Å². The molecule has 0 aromatic heterocycles. The van der Waals surface area contributed by atoms with Gasteiger partial charge in [-0.3, -0.25) is 4.79 Å².